The number of nitrogens with two attached hydrogens (primary N) is 1. The molecule has 5 heteroatoms. The fourth-order valence-corrected chi connectivity index (χ4v) is 4.13. The van der Waals surface area contributed by atoms with Crippen molar-refractivity contribution >= 4 is 15.7 Å². The number of para-hydroxylation sites is 1. The van der Waals surface area contributed by atoms with Crippen LogP contribution in [0.25, 0.3) is 0 Å². The minimum atomic E-state index is -3.62. The van der Waals surface area contributed by atoms with Gasteiger partial charge in [-0.05, 0) is 37.1 Å². The monoisotopic (exact) mass is 304 g/mol. The zero-order chi connectivity index (χ0) is 15.5. The number of sulfonamides is 1. The molecule has 112 valence electrons. The molecule has 2 rings (SSSR count). The van der Waals surface area contributed by atoms with Crippen molar-refractivity contribution in [3.63, 3.8) is 0 Å². The maximum absolute atomic E-state index is 13.0. The van der Waals surface area contributed by atoms with E-state index in [4.69, 9.17) is 5.73 Å². The van der Waals surface area contributed by atoms with E-state index in [0.29, 0.717) is 17.8 Å². The quantitative estimate of drug-likeness (QED) is 0.923. The Kier molecular flexibility index (Phi) is 4.65. The van der Waals surface area contributed by atoms with Gasteiger partial charge in [0.25, 0.3) is 10.0 Å². The molecule has 0 atom stereocenters. The van der Waals surface area contributed by atoms with Crippen molar-refractivity contribution in [2.45, 2.75) is 25.3 Å². The number of benzene rings is 2. The van der Waals surface area contributed by atoms with Crippen LogP contribution >= 0.6 is 0 Å². The van der Waals surface area contributed by atoms with Crippen LogP contribution in [0.1, 0.15) is 18.1 Å². The van der Waals surface area contributed by atoms with Crippen molar-refractivity contribution < 1.29 is 8.42 Å². The molecule has 0 radical (unpaired) electrons. The van der Waals surface area contributed by atoms with Crippen LogP contribution in [0.3, 0.4) is 0 Å². The molecule has 0 heterocycles. The second kappa shape index (κ2) is 6.28. The van der Waals surface area contributed by atoms with Gasteiger partial charge in [0.05, 0.1) is 10.6 Å². The van der Waals surface area contributed by atoms with Crippen LogP contribution in [-0.2, 0) is 16.6 Å². The van der Waals surface area contributed by atoms with E-state index in [9.17, 15) is 8.42 Å². The third-order valence-corrected chi connectivity index (χ3v) is 5.42. The number of hydrogen-bond acceptors (Lipinski definition) is 3. The summed E-state index contributed by atoms with van der Waals surface area (Å²) in [6, 6.07) is 14.3. The molecule has 0 aliphatic heterocycles. The molecule has 2 aromatic carbocycles. The minimum Gasteiger partial charge on any atom is -0.326 e. The fraction of sp³-hybridized carbons (Fsp3) is 0.250. The molecule has 0 aliphatic carbocycles. The molecular weight excluding hydrogens is 284 g/mol. The molecular formula is C16H20N2O2S. The molecule has 0 unspecified atom stereocenters. The lowest BCUT2D eigenvalue weighted by Gasteiger charge is -2.25. The highest BCUT2D eigenvalue weighted by molar-refractivity contribution is 7.92. The van der Waals surface area contributed by atoms with Gasteiger partial charge in [-0.3, -0.25) is 4.31 Å². The smallest absolute Gasteiger partial charge is 0.264 e. The Morgan fingerprint density at radius 1 is 1.05 bits per heavy atom. The summed E-state index contributed by atoms with van der Waals surface area (Å²) < 4.78 is 27.4. The third kappa shape index (κ3) is 2.94. The average molecular weight is 304 g/mol. The van der Waals surface area contributed by atoms with Crippen molar-refractivity contribution in [1.29, 1.82) is 0 Å². The van der Waals surface area contributed by atoms with Crippen molar-refractivity contribution in [1.82, 2.24) is 0 Å². The Morgan fingerprint density at radius 2 is 1.67 bits per heavy atom. The van der Waals surface area contributed by atoms with Gasteiger partial charge in [0.1, 0.15) is 0 Å². The molecule has 2 N–H and O–H groups in total. The van der Waals surface area contributed by atoms with Crippen LogP contribution in [0.15, 0.2) is 53.4 Å². The summed E-state index contributed by atoms with van der Waals surface area (Å²) in [4.78, 5) is 0.276. The summed E-state index contributed by atoms with van der Waals surface area (Å²) in [5.41, 5.74) is 7.93. The summed E-state index contributed by atoms with van der Waals surface area (Å²) in [6.45, 7) is 4.30. The average Bonchev–Trinajstić information content (AvgIpc) is 2.49. The van der Waals surface area contributed by atoms with Gasteiger partial charge < -0.3 is 5.73 Å². The molecule has 0 fully saturated rings. The maximum Gasteiger partial charge on any atom is 0.264 e. The summed E-state index contributed by atoms with van der Waals surface area (Å²) >= 11 is 0. The van der Waals surface area contributed by atoms with E-state index < -0.39 is 10.0 Å². The molecule has 0 aliphatic rings. The van der Waals surface area contributed by atoms with Gasteiger partial charge in [-0.15, -0.1) is 0 Å². The Bertz CT molecular complexity index is 727. The number of nitrogens with zero attached hydrogens (tertiary/aromatic N) is 1. The zero-order valence-electron chi connectivity index (χ0n) is 12.3. The van der Waals surface area contributed by atoms with E-state index in [1.165, 1.54) is 4.31 Å². The predicted octanol–water partition coefficient (Wildman–Crippen LogP) is 2.67. The highest BCUT2D eigenvalue weighted by Gasteiger charge is 2.26. The highest BCUT2D eigenvalue weighted by atomic mass is 32.2. The SMILES string of the molecule is CCN(c1ccccc1C)S(=O)(=O)c1ccccc1CN. The van der Waals surface area contributed by atoms with Crippen LogP contribution in [0, 0.1) is 6.92 Å². The van der Waals surface area contributed by atoms with Crippen molar-refractivity contribution in [3.8, 4) is 0 Å². The van der Waals surface area contributed by atoms with Crippen LogP contribution in [0.5, 0.6) is 0 Å². The van der Waals surface area contributed by atoms with E-state index in [-0.39, 0.29) is 11.4 Å². The van der Waals surface area contributed by atoms with Gasteiger partial charge in [0.2, 0.25) is 0 Å². The largest absolute Gasteiger partial charge is 0.326 e. The lowest BCUT2D eigenvalue weighted by atomic mass is 10.2. The fourth-order valence-electron chi connectivity index (χ4n) is 2.36. The van der Waals surface area contributed by atoms with Gasteiger partial charge in [0.15, 0.2) is 0 Å². The highest BCUT2D eigenvalue weighted by Crippen LogP contribution is 2.27. The number of hydrogen-bond donors (Lipinski definition) is 1. The molecule has 21 heavy (non-hydrogen) atoms. The Balaban J connectivity index is 2.58. The summed E-state index contributed by atoms with van der Waals surface area (Å²) in [7, 11) is -3.62. The van der Waals surface area contributed by atoms with Crippen molar-refractivity contribution in [3.05, 3.63) is 59.7 Å². The lowest BCUT2D eigenvalue weighted by Crippen LogP contribution is -2.32. The van der Waals surface area contributed by atoms with Crippen LogP contribution in [-0.4, -0.2) is 15.0 Å². The maximum atomic E-state index is 13.0. The van der Waals surface area contributed by atoms with Gasteiger partial charge in [0, 0.05) is 13.1 Å². The first-order chi connectivity index (χ1) is 10.0. The first-order valence-electron chi connectivity index (χ1n) is 6.88. The molecule has 0 bridgehead atoms. The Morgan fingerprint density at radius 3 is 2.29 bits per heavy atom. The van der Waals surface area contributed by atoms with Crippen molar-refractivity contribution in [2.24, 2.45) is 5.73 Å². The second-order valence-electron chi connectivity index (χ2n) is 4.77. The van der Waals surface area contributed by atoms with Crippen molar-refractivity contribution in [2.75, 3.05) is 10.8 Å². The van der Waals surface area contributed by atoms with E-state index in [1.807, 2.05) is 38.1 Å². The summed E-state index contributed by atoms with van der Waals surface area (Å²) in [6.07, 6.45) is 0. The Labute approximate surface area is 126 Å². The predicted molar refractivity (Wildman–Crippen MR) is 85.7 cm³/mol. The van der Waals surface area contributed by atoms with Crippen LogP contribution < -0.4 is 10.0 Å². The van der Waals surface area contributed by atoms with Gasteiger partial charge in [-0.2, -0.15) is 0 Å². The van der Waals surface area contributed by atoms with E-state index in [2.05, 4.69) is 0 Å². The standard InChI is InChI=1S/C16H20N2O2S/c1-3-18(15-10-6-4-8-13(15)2)21(19,20)16-11-7-5-9-14(16)12-17/h4-11H,3,12,17H2,1-2H3. The Hall–Kier alpha value is -1.85. The molecule has 0 aromatic heterocycles. The minimum absolute atomic E-state index is 0.195. The first-order valence-corrected chi connectivity index (χ1v) is 8.32. The van der Waals surface area contributed by atoms with E-state index >= 15 is 0 Å². The number of aryl methyl sites for hydroxylation is 1. The molecule has 0 amide bonds. The molecule has 0 saturated carbocycles. The normalized spacial score (nSPS) is 11.4. The van der Waals surface area contributed by atoms with Gasteiger partial charge in [-0.25, -0.2) is 8.42 Å². The second-order valence-corrected chi connectivity index (χ2v) is 6.60. The van der Waals surface area contributed by atoms with E-state index in [0.717, 1.165) is 5.56 Å². The summed E-state index contributed by atoms with van der Waals surface area (Å²) in [5, 5.41) is 0. The topological polar surface area (TPSA) is 63.4 Å². The molecule has 2 aromatic rings. The third-order valence-electron chi connectivity index (χ3n) is 3.43. The molecule has 0 spiro atoms. The number of anilines is 1. The van der Waals surface area contributed by atoms with Gasteiger partial charge >= 0.3 is 0 Å². The first kappa shape index (κ1) is 15.5. The van der Waals surface area contributed by atoms with Crippen LogP contribution in [0.4, 0.5) is 5.69 Å². The lowest BCUT2D eigenvalue weighted by molar-refractivity contribution is 0.590. The van der Waals surface area contributed by atoms with Gasteiger partial charge in [-0.1, -0.05) is 36.4 Å². The number of rotatable bonds is 5. The molecule has 4 nitrogen and oxygen atoms in total. The van der Waals surface area contributed by atoms with Crippen LogP contribution in [0.2, 0.25) is 0 Å². The van der Waals surface area contributed by atoms with E-state index in [1.54, 1.807) is 24.3 Å². The zero-order valence-corrected chi connectivity index (χ0v) is 13.1. The summed E-state index contributed by atoms with van der Waals surface area (Å²) in [5.74, 6) is 0. The molecule has 0 saturated heterocycles.